The van der Waals surface area contributed by atoms with Gasteiger partial charge in [-0.3, -0.25) is 9.48 Å². The molecule has 1 N–H and O–H groups in total. The van der Waals surface area contributed by atoms with Crippen molar-refractivity contribution in [1.29, 1.82) is 5.26 Å². The molecule has 0 radical (unpaired) electrons. The Morgan fingerprint density at radius 2 is 2.30 bits per heavy atom. The van der Waals surface area contributed by atoms with Gasteiger partial charge in [-0.1, -0.05) is 29.8 Å². The summed E-state index contributed by atoms with van der Waals surface area (Å²) in [5, 5.41) is 18.7. The van der Waals surface area contributed by atoms with Gasteiger partial charge >= 0.3 is 0 Å². The predicted molar refractivity (Wildman–Crippen MR) is 111 cm³/mol. The lowest BCUT2D eigenvalue weighted by Crippen LogP contribution is -2.47. The molecule has 1 aromatic carbocycles. The number of aromatic nitrogens is 2. The number of halogens is 1. The van der Waals surface area contributed by atoms with Gasteiger partial charge in [0.1, 0.15) is 10.4 Å². The van der Waals surface area contributed by atoms with Crippen LogP contribution in [0.15, 0.2) is 30.3 Å². The van der Waals surface area contributed by atoms with E-state index in [1.807, 2.05) is 41.9 Å². The van der Waals surface area contributed by atoms with Gasteiger partial charge in [0.2, 0.25) is 0 Å². The number of thioether (sulfide) groups is 1. The second-order valence-corrected chi connectivity index (χ2v) is 9.16. The number of nitrogens with zero attached hydrogens (tertiary/aromatic N) is 3. The molecule has 5 nitrogen and oxygen atoms in total. The Kier molecular flexibility index (Phi) is 4.89. The number of carbonyl (C=O) groups is 1. The van der Waals surface area contributed by atoms with Gasteiger partial charge in [-0.2, -0.15) is 22.1 Å². The van der Waals surface area contributed by atoms with Crippen LogP contribution in [0.3, 0.4) is 0 Å². The summed E-state index contributed by atoms with van der Waals surface area (Å²) in [5.74, 6) is 1.34. The normalized spacial score (nSPS) is 19.3. The molecule has 8 heteroatoms. The second kappa shape index (κ2) is 7.19. The molecule has 1 unspecified atom stereocenters. The van der Waals surface area contributed by atoms with Crippen molar-refractivity contribution in [2.24, 2.45) is 0 Å². The largest absolute Gasteiger partial charge is 0.332 e. The van der Waals surface area contributed by atoms with Crippen molar-refractivity contribution in [1.82, 2.24) is 15.1 Å². The number of thiophene rings is 1. The number of hydrogen-bond acceptors (Lipinski definition) is 5. The molecule has 0 saturated carbocycles. The van der Waals surface area contributed by atoms with Gasteiger partial charge in [0.25, 0.3) is 5.91 Å². The number of fused-ring (bicyclic) bond motifs is 1. The van der Waals surface area contributed by atoms with E-state index in [4.69, 9.17) is 11.6 Å². The first kappa shape index (κ1) is 18.4. The van der Waals surface area contributed by atoms with Crippen LogP contribution in [0.2, 0.25) is 5.02 Å². The van der Waals surface area contributed by atoms with E-state index in [9.17, 15) is 10.1 Å². The van der Waals surface area contributed by atoms with E-state index in [-0.39, 0.29) is 5.91 Å². The van der Waals surface area contributed by atoms with E-state index >= 15 is 0 Å². The minimum atomic E-state index is -0.753. The van der Waals surface area contributed by atoms with Gasteiger partial charge in [-0.15, -0.1) is 11.3 Å². The summed E-state index contributed by atoms with van der Waals surface area (Å²) >= 11 is 9.38. The van der Waals surface area contributed by atoms with Crippen molar-refractivity contribution < 1.29 is 4.79 Å². The fourth-order valence-corrected chi connectivity index (χ4v) is 5.70. The number of aryl methyl sites for hydroxylation is 1. The van der Waals surface area contributed by atoms with Crippen molar-refractivity contribution >= 4 is 50.8 Å². The summed E-state index contributed by atoms with van der Waals surface area (Å²) in [6, 6.07) is 11.8. The van der Waals surface area contributed by atoms with Crippen molar-refractivity contribution in [2.45, 2.75) is 25.4 Å². The van der Waals surface area contributed by atoms with Crippen LogP contribution >= 0.6 is 34.7 Å². The molecule has 1 fully saturated rings. The standard InChI is InChI=1S/C19H17ClN4OS2/c1-12-14-8-16(17(25)22-19(10-21)6-7-26-11-19)27-18(14)24(23-12)9-13-4-2-3-5-15(13)20/h2-5,8H,6-7,9,11H2,1H3,(H,22,25). The highest BCUT2D eigenvalue weighted by molar-refractivity contribution is 7.99. The lowest BCUT2D eigenvalue weighted by atomic mass is 10.0. The highest BCUT2D eigenvalue weighted by atomic mass is 35.5. The van der Waals surface area contributed by atoms with Crippen molar-refractivity contribution in [3.63, 3.8) is 0 Å². The zero-order valence-corrected chi connectivity index (χ0v) is 17.0. The lowest BCUT2D eigenvalue weighted by Gasteiger charge is -2.20. The number of nitrogens with one attached hydrogen (secondary N) is 1. The van der Waals surface area contributed by atoms with Crippen LogP contribution in [0.25, 0.3) is 10.2 Å². The van der Waals surface area contributed by atoms with E-state index in [1.165, 1.54) is 11.3 Å². The first-order chi connectivity index (χ1) is 13.0. The molecule has 4 rings (SSSR count). The van der Waals surface area contributed by atoms with Crippen molar-refractivity contribution in [3.05, 3.63) is 51.5 Å². The van der Waals surface area contributed by atoms with Gasteiger partial charge in [0, 0.05) is 16.2 Å². The number of amides is 1. The van der Waals surface area contributed by atoms with E-state index in [0.29, 0.717) is 28.6 Å². The third-order valence-corrected chi connectivity index (χ3v) is 7.40. The molecular formula is C19H17ClN4OS2. The average molecular weight is 417 g/mol. The van der Waals surface area contributed by atoms with Crippen LogP contribution in [-0.4, -0.2) is 32.7 Å². The number of benzene rings is 1. The monoisotopic (exact) mass is 416 g/mol. The number of rotatable bonds is 4. The van der Waals surface area contributed by atoms with Gasteiger partial charge in [0.05, 0.1) is 23.2 Å². The van der Waals surface area contributed by atoms with Gasteiger partial charge in [-0.25, -0.2) is 0 Å². The molecule has 1 aliphatic heterocycles. The molecule has 0 bridgehead atoms. The SMILES string of the molecule is Cc1nn(Cc2ccccc2Cl)c2sc(C(=O)NC3(C#N)CCSC3)cc12. The van der Waals surface area contributed by atoms with Crippen LogP contribution in [0.1, 0.15) is 27.3 Å². The third-order valence-electron chi connectivity index (χ3n) is 4.70. The summed E-state index contributed by atoms with van der Waals surface area (Å²) in [6.07, 6.45) is 0.685. The maximum absolute atomic E-state index is 12.8. The fraction of sp³-hybridized carbons (Fsp3) is 0.316. The van der Waals surface area contributed by atoms with E-state index in [2.05, 4.69) is 16.5 Å². The Morgan fingerprint density at radius 1 is 1.48 bits per heavy atom. The Bertz CT molecular complexity index is 1060. The molecule has 1 saturated heterocycles. The minimum absolute atomic E-state index is 0.191. The molecular weight excluding hydrogens is 400 g/mol. The summed E-state index contributed by atoms with van der Waals surface area (Å²) in [4.78, 5) is 14.3. The molecule has 1 amide bonds. The van der Waals surface area contributed by atoms with E-state index in [1.54, 1.807) is 11.8 Å². The molecule has 3 heterocycles. The fourth-order valence-electron chi connectivity index (χ4n) is 3.18. The van der Waals surface area contributed by atoms with Crippen molar-refractivity contribution in [2.75, 3.05) is 11.5 Å². The topological polar surface area (TPSA) is 70.7 Å². The third kappa shape index (κ3) is 3.45. The molecule has 1 atom stereocenters. The first-order valence-electron chi connectivity index (χ1n) is 8.53. The van der Waals surface area contributed by atoms with Gasteiger partial charge in [0.15, 0.2) is 0 Å². The molecule has 0 aliphatic carbocycles. The smallest absolute Gasteiger partial charge is 0.262 e. The lowest BCUT2D eigenvalue weighted by molar-refractivity contribution is 0.0930. The maximum atomic E-state index is 12.8. The first-order valence-corrected chi connectivity index (χ1v) is 10.9. The summed E-state index contributed by atoms with van der Waals surface area (Å²) in [7, 11) is 0. The highest BCUT2D eigenvalue weighted by Crippen LogP contribution is 2.32. The summed E-state index contributed by atoms with van der Waals surface area (Å²) in [6.45, 7) is 2.48. The van der Waals surface area contributed by atoms with Crippen molar-refractivity contribution in [3.8, 4) is 6.07 Å². The van der Waals surface area contributed by atoms with Crippen LogP contribution < -0.4 is 5.32 Å². The number of hydrogen-bond donors (Lipinski definition) is 1. The summed E-state index contributed by atoms with van der Waals surface area (Å²) in [5.41, 5.74) is 1.10. The van der Waals surface area contributed by atoms with Crippen LogP contribution in [-0.2, 0) is 6.54 Å². The average Bonchev–Trinajstić information content (AvgIpc) is 3.35. The van der Waals surface area contributed by atoms with Crippen LogP contribution in [0, 0.1) is 18.3 Å². The molecule has 27 heavy (non-hydrogen) atoms. The molecule has 1 aliphatic rings. The van der Waals surface area contributed by atoms with Gasteiger partial charge in [-0.05, 0) is 36.8 Å². The Labute approximate surface area is 170 Å². The molecule has 138 valence electrons. The quantitative estimate of drug-likeness (QED) is 0.690. The van der Waals surface area contributed by atoms with E-state index in [0.717, 1.165) is 27.2 Å². The predicted octanol–water partition coefficient (Wildman–Crippen LogP) is 4.24. The summed E-state index contributed by atoms with van der Waals surface area (Å²) < 4.78 is 1.89. The van der Waals surface area contributed by atoms with Crippen LogP contribution in [0.4, 0.5) is 0 Å². The second-order valence-electron chi connectivity index (χ2n) is 6.61. The van der Waals surface area contributed by atoms with Crippen LogP contribution in [0.5, 0.6) is 0 Å². The highest BCUT2D eigenvalue weighted by Gasteiger charge is 2.36. The minimum Gasteiger partial charge on any atom is -0.332 e. The molecule has 3 aromatic rings. The van der Waals surface area contributed by atoms with Gasteiger partial charge < -0.3 is 5.32 Å². The number of carbonyl (C=O) groups excluding carboxylic acids is 1. The number of nitriles is 1. The molecule has 0 spiro atoms. The van der Waals surface area contributed by atoms with E-state index < -0.39 is 5.54 Å². The Morgan fingerprint density at radius 3 is 3.00 bits per heavy atom. The zero-order valence-electron chi connectivity index (χ0n) is 14.7. The zero-order chi connectivity index (χ0) is 19.0. The Balaban J connectivity index is 1.64. The Hall–Kier alpha value is -2.01. The molecule has 2 aromatic heterocycles. The maximum Gasteiger partial charge on any atom is 0.262 e.